The van der Waals surface area contributed by atoms with Crippen LogP contribution >= 0.6 is 11.3 Å². The second-order valence-corrected chi connectivity index (χ2v) is 10.9. The Morgan fingerprint density at radius 2 is 1.73 bits per heavy atom. The van der Waals surface area contributed by atoms with Gasteiger partial charge in [0.15, 0.2) is 4.90 Å². The second-order valence-electron chi connectivity index (χ2n) is 5.58. The van der Waals surface area contributed by atoms with Gasteiger partial charge in [-0.3, -0.25) is 9.36 Å². The van der Waals surface area contributed by atoms with Crippen LogP contribution in [-0.4, -0.2) is 44.4 Å². The molecule has 0 saturated heterocycles. The van der Waals surface area contributed by atoms with Gasteiger partial charge in [-0.15, -0.1) is 11.3 Å². The number of rotatable bonds is 6. The van der Waals surface area contributed by atoms with E-state index in [2.05, 4.69) is 4.72 Å². The van der Waals surface area contributed by atoms with Crippen LogP contribution in [0.15, 0.2) is 37.0 Å². The van der Waals surface area contributed by atoms with Gasteiger partial charge in [0.1, 0.15) is 4.21 Å². The maximum absolute atomic E-state index is 12.4. The van der Waals surface area contributed by atoms with E-state index in [9.17, 15) is 26.4 Å². The fourth-order valence-electron chi connectivity index (χ4n) is 1.98. The summed E-state index contributed by atoms with van der Waals surface area (Å²) in [5.74, 6) is 0. The van der Waals surface area contributed by atoms with E-state index in [1.165, 1.54) is 40.3 Å². The van der Waals surface area contributed by atoms with Crippen LogP contribution < -0.4 is 16.0 Å². The van der Waals surface area contributed by atoms with Crippen LogP contribution in [0.5, 0.6) is 0 Å². The summed E-state index contributed by atoms with van der Waals surface area (Å²) in [5, 5.41) is 0. The lowest BCUT2D eigenvalue weighted by molar-refractivity contribution is 0.523. The van der Waals surface area contributed by atoms with Crippen molar-refractivity contribution in [1.82, 2.24) is 18.2 Å². The monoisotopic (exact) mass is 422 g/mol. The topological polar surface area (TPSA) is 128 Å². The van der Waals surface area contributed by atoms with Crippen molar-refractivity contribution in [3.63, 3.8) is 0 Å². The number of nitrogens with one attached hydrogen (secondary N) is 1. The lowest BCUT2D eigenvalue weighted by Gasteiger charge is -2.09. The maximum atomic E-state index is 12.4. The van der Waals surface area contributed by atoms with Gasteiger partial charge in [0.05, 0.1) is 0 Å². The highest BCUT2D eigenvalue weighted by atomic mass is 32.2. The number of sulfonamides is 2. The van der Waals surface area contributed by atoms with Crippen LogP contribution in [0.25, 0.3) is 0 Å². The highest BCUT2D eigenvalue weighted by molar-refractivity contribution is 7.91. The molecule has 2 aromatic rings. The van der Waals surface area contributed by atoms with Gasteiger partial charge in [-0.2, -0.15) is 0 Å². The summed E-state index contributed by atoms with van der Waals surface area (Å²) >= 11 is 0.922. The first kappa shape index (κ1) is 20.5. The molecule has 144 valence electrons. The molecule has 0 fully saturated rings. The Balaban J connectivity index is 2.30. The summed E-state index contributed by atoms with van der Waals surface area (Å²) in [7, 11) is -2.49. The van der Waals surface area contributed by atoms with Crippen molar-refractivity contribution in [1.29, 1.82) is 0 Å². The van der Waals surface area contributed by atoms with Gasteiger partial charge >= 0.3 is 5.69 Å². The third kappa shape index (κ3) is 3.81. The largest absolute Gasteiger partial charge is 0.330 e. The molecule has 2 aromatic heterocycles. The Bertz CT molecular complexity index is 1160. The SMILES string of the molecule is CN(C)S(=O)(=O)c1ccc(CNS(=O)(=O)c2cn(C)c(=O)n(C)c2=O)s1. The first-order chi connectivity index (χ1) is 11.9. The molecular weight excluding hydrogens is 404 g/mol. The van der Waals surface area contributed by atoms with Gasteiger partial charge in [0, 0.05) is 45.8 Å². The van der Waals surface area contributed by atoms with Crippen LogP contribution in [0.1, 0.15) is 4.88 Å². The van der Waals surface area contributed by atoms with E-state index in [0.717, 1.165) is 26.4 Å². The quantitative estimate of drug-likeness (QED) is 0.628. The Morgan fingerprint density at radius 1 is 1.12 bits per heavy atom. The molecule has 0 aliphatic heterocycles. The van der Waals surface area contributed by atoms with Gasteiger partial charge in [0.2, 0.25) is 10.0 Å². The Kier molecular flexibility index (Phi) is 5.58. The number of nitrogens with zero attached hydrogens (tertiary/aromatic N) is 3. The minimum atomic E-state index is -4.19. The van der Waals surface area contributed by atoms with E-state index in [0.29, 0.717) is 9.44 Å². The highest BCUT2D eigenvalue weighted by Gasteiger charge is 2.23. The zero-order chi connectivity index (χ0) is 19.9. The fraction of sp³-hybridized carbons (Fsp3) is 0.385. The standard InChI is InChI=1S/C13H18N4O6S3/c1-15(2)26(22,23)11-6-5-9(24-11)7-14-25(20,21)10-8-16(3)13(19)17(4)12(10)18/h5-6,8,14H,7H2,1-4H3. The summed E-state index contributed by atoms with van der Waals surface area (Å²) in [6.07, 6.45) is 0.948. The van der Waals surface area contributed by atoms with Crippen molar-refractivity contribution in [3.8, 4) is 0 Å². The molecule has 26 heavy (non-hydrogen) atoms. The molecule has 10 nitrogen and oxygen atoms in total. The summed E-state index contributed by atoms with van der Waals surface area (Å²) < 4.78 is 53.9. The van der Waals surface area contributed by atoms with Crippen LogP contribution in [0.3, 0.4) is 0 Å². The number of aryl methyl sites for hydroxylation is 1. The highest BCUT2D eigenvalue weighted by Crippen LogP contribution is 2.23. The first-order valence-corrected chi connectivity index (χ1v) is 10.9. The van der Waals surface area contributed by atoms with Crippen molar-refractivity contribution < 1.29 is 16.8 Å². The lowest BCUT2D eigenvalue weighted by atomic mass is 10.5. The van der Waals surface area contributed by atoms with Crippen LogP contribution in [0.2, 0.25) is 0 Å². The van der Waals surface area contributed by atoms with Gasteiger partial charge in [-0.05, 0) is 12.1 Å². The van der Waals surface area contributed by atoms with E-state index in [1.807, 2.05) is 0 Å². The molecule has 2 heterocycles. The molecule has 13 heteroatoms. The van der Waals surface area contributed by atoms with E-state index >= 15 is 0 Å². The van der Waals surface area contributed by atoms with Crippen molar-refractivity contribution in [2.45, 2.75) is 15.6 Å². The minimum Gasteiger partial charge on any atom is -0.302 e. The van der Waals surface area contributed by atoms with Gasteiger partial charge in [-0.25, -0.2) is 30.7 Å². The number of aromatic nitrogens is 2. The average Bonchev–Trinajstić information content (AvgIpc) is 3.04. The molecule has 2 rings (SSSR count). The molecule has 0 bridgehead atoms. The maximum Gasteiger partial charge on any atom is 0.330 e. The molecule has 0 spiro atoms. The molecule has 1 N–H and O–H groups in total. The summed E-state index contributed by atoms with van der Waals surface area (Å²) in [6, 6.07) is 2.87. The third-order valence-corrected chi connectivity index (χ3v) is 8.26. The zero-order valence-electron chi connectivity index (χ0n) is 14.5. The molecule has 0 aromatic carbocycles. The minimum absolute atomic E-state index is 0.0784. The summed E-state index contributed by atoms with van der Waals surface area (Å²) in [5.41, 5.74) is -1.59. The van der Waals surface area contributed by atoms with E-state index in [4.69, 9.17) is 0 Å². The van der Waals surface area contributed by atoms with Gasteiger partial charge in [0.25, 0.3) is 15.6 Å². The second kappa shape index (κ2) is 7.08. The van der Waals surface area contributed by atoms with Crippen molar-refractivity contribution in [2.75, 3.05) is 14.1 Å². The van der Waals surface area contributed by atoms with E-state index in [-0.39, 0.29) is 10.8 Å². The average molecular weight is 423 g/mol. The van der Waals surface area contributed by atoms with Crippen molar-refractivity contribution in [3.05, 3.63) is 44.0 Å². The molecule has 0 aliphatic rings. The smallest absolute Gasteiger partial charge is 0.302 e. The van der Waals surface area contributed by atoms with Crippen LogP contribution in [0.4, 0.5) is 0 Å². The lowest BCUT2D eigenvalue weighted by Crippen LogP contribution is -2.41. The van der Waals surface area contributed by atoms with Crippen molar-refractivity contribution in [2.24, 2.45) is 14.1 Å². The van der Waals surface area contributed by atoms with Crippen molar-refractivity contribution >= 4 is 31.4 Å². The zero-order valence-corrected chi connectivity index (χ0v) is 16.9. The Morgan fingerprint density at radius 3 is 2.31 bits per heavy atom. The Labute approximate surface area is 154 Å². The van der Waals surface area contributed by atoms with Crippen LogP contribution in [0, 0.1) is 0 Å². The summed E-state index contributed by atoms with van der Waals surface area (Å²) in [4.78, 5) is 23.6. The van der Waals surface area contributed by atoms with E-state index < -0.39 is 36.2 Å². The number of thiophene rings is 1. The molecule has 0 saturated carbocycles. The molecular formula is C13H18N4O6S3. The predicted octanol–water partition coefficient (Wildman–Crippen LogP) is -1.13. The number of hydrogen-bond donors (Lipinski definition) is 1. The first-order valence-electron chi connectivity index (χ1n) is 7.15. The van der Waals surface area contributed by atoms with Gasteiger partial charge in [-0.1, -0.05) is 0 Å². The molecule has 0 atom stereocenters. The van der Waals surface area contributed by atoms with Gasteiger partial charge < -0.3 is 4.57 Å². The molecule has 0 amide bonds. The van der Waals surface area contributed by atoms with Crippen LogP contribution in [-0.2, 0) is 40.7 Å². The third-order valence-electron chi connectivity index (χ3n) is 3.51. The Hall–Kier alpha value is -1.80. The molecule has 0 unspecified atom stereocenters. The normalized spacial score (nSPS) is 12.7. The molecule has 0 radical (unpaired) electrons. The fourth-order valence-corrected chi connectivity index (χ4v) is 5.70. The predicted molar refractivity (Wildman–Crippen MR) is 96.1 cm³/mol. The summed E-state index contributed by atoms with van der Waals surface area (Å²) in [6.45, 7) is -0.193. The number of hydrogen-bond acceptors (Lipinski definition) is 7. The van der Waals surface area contributed by atoms with E-state index in [1.54, 1.807) is 0 Å². The molecule has 0 aliphatic carbocycles.